The molecule has 4 heteroatoms. The number of piperidine rings is 1. The van der Waals surface area contributed by atoms with Crippen LogP contribution in [0.5, 0.6) is 5.75 Å². The summed E-state index contributed by atoms with van der Waals surface area (Å²) in [6.07, 6.45) is 11.9. The molecular weight excluding hydrogens is 372 g/mol. The van der Waals surface area contributed by atoms with E-state index in [1.807, 2.05) is 7.11 Å². The van der Waals surface area contributed by atoms with Gasteiger partial charge in [-0.15, -0.1) is 0 Å². The summed E-state index contributed by atoms with van der Waals surface area (Å²) in [6, 6.07) is 7.52. The highest BCUT2D eigenvalue weighted by molar-refractivity contribution is 5.50. The average molecular weight is 409 g/mol. The molecule has 4 bridgehead atoms. The summed E-state index contributed by atoms with van der Waals surface area (Å²) < 4.78 is 12.9. The zero-order valence-corrected chi connectivity index (χ0v) is 18.5. The van der Waals surface area contributed by atoms with Crippen LogP contribution in [0.25, 0.3) is 0 Å². The van der Waals surface area contributed by atoms with E-state index in [9.17, 15) is 0 Å². The Kier molecular flexibility index (Phi) is 3.84. The summed E-state index contributed by atoms with van der Waals surface area (Å²) in [7, 11) is 1.81. The van der Waals surface area contributed by atoms with Gasteiger partial charge < -0.3 is 9.47 Å². The molecule has 0 aromatic heterocycles. The van der Waals surface area contributed by atoms with Gasteiger partial charge in [-0.3, -0.25) is 9.80 Å². The SMILES string of the molecule is COc1ccc2c(c1)[C@]13CCN(CC4CC4)[C@H](C2)[C@]12CC[C@@](N1CCCC1)(CO2)C3. The van der Waals surface area contributed by atoms with Crippen LogP contribution in [-0.4, -0.2) is 66.9 Å². The highest BCUT2D eigenvalue weighted by Crippen LogP contribution is 2.66. The Morgan fingerprint density at radius 1 is 1.10 bits per heavy atom. The van der Waals surface area contributed by atoms with E-state index in [1.165, 1.54) is 77.5 Å². The van der Waals surface area contributed by atoms with Crippen molar-refractivity contribution in [1.29, 1.82) is 0 Å². The van der Waals surface area contributed by atoms with Gasteiger partial charge in [0.1, 0.15) is 5.75 Å². The lowest BCUT2D eigenvalue weighted by molar-refractivity contribution is -0.279. The van der Waals surface area contributed by atoms with E-state index in [-0.39, 0.29) is 16.6 Å². The van der Waals surface area contributed by atoms with Crippen molar-refractivity contribution < 1.29 is 9.47 Å². The molecule has 4 nitrogen and oxygen atoms in total. The maximum Gasteiger partial charge on any atom is 0.119 e. The van der Waals surface area contributed by atoms with E-state index in [1.54, 1.807) is 11.1 Å². The van der Waals surface area contributed by atoms with Gasteiger partial charge in [0.25, 0.3) is 0 Å². The minimum atomic E-state index is 0.0149. The van der Waals surface area contributed by atoms with Crippen molar-refractivity contribution in [3.05, 3.63) is 29.3 Å². The highest BCUT2D eigenvalue weighted by Gasteiger charge is 2.72. The lowest BCUT2D eigenvalue weighted by Crippen LogP contribution is -2.81. The van der Waals surface area contributed by atoms with Crippen molar-refractivity contribution in [2.45, 2.75) is 80.4 Å². The third kappa shape index (κ3) is 2.28. The molecule has 4 heterocycles. The average Bonchev–Trinajstić information content (AvgIpc) is 3.42. The van der Waals surface area contributed by atoms with Crippen LogP contribution in [0.2, 0.25) is 0 Å². The Labute approximate surface area is 180 Å². The third-order valence-corrected chi connectivity index (χ3v) is 10.0. The number of benzene rings is 1. The van der Waals surface area contributed by atoms with Crippen molar-refractivity contribution in [2.24, 2.45) is 5.92 Å². The van der Waals surface area contributed by atoms with E-state index in [0.29, 0.717) is 6.04 Å². The molecule has 162 valence electrons. The molecule has 1 aromatic rings. The molecule has 0 amide bonds. The van der Waals surface area contributed by atoms with Crippen LogP contribution in [0.4, 0.5) is 0 Å². The lowest BCUT2D eigenvalue weighted by Gasteiger charge is -2.73. The minimum Gasteiger partial charge on any atom is -0.497 e. The standard InChI is InChI=1S/C26H36N2O2/c1-29-21-7-6-20-14-23-26-9-8-24(18-30-26,28-11-2-3-12-28)17-25(26,22(20)15-21)10-13-27(23)16-19-4-5-19/h6-7,15,19,23H,2-5,8-14,16-18H2,1H3/t23-,24+,25-,26-/m1/s1. The molecule has 0 N–H and O–H groups in total. The van der Waals surface area contributed by atoms with Gasteiger partial charge in [-0.25, -0.2) is 0 Å². The maximum absolute atomic E-state index is 7.18. The monoisotopic (exact) mass is 408 g/mol. The Morgan fingerprint density at radius 3 is 2.70 bits per heavy atom. The van der Waals surface area contributed by atoms with Gasteiger partial charge in [-0.05, 0) is 107 Å². The van der Waals surface area contributed by atoms with Crippen LogP contribution in [0.1, 0.15) is 62.5 Å². The lowest BCUT2D eigenvalue weighted by atomic mass is 9.45. The Hall–Kier alpha value is -1.10. The summed E-state index contributed by atoms with van der Waals surface area (Å²) in [4.78, 5) is 5.68. The normalized spacial score (nSPS) is 42.8. The summed E-state index contributed by atoms with van der Waals surface area (Å²) in [5.74, 6) is 1.97. The van der Waals surface area contributed by atoms with Gasteiger partial charge in [-0.1, -0.05) is 6.07 Å². The predicted octanol–water partition coefficient (Wildman–Crippen LogP) is 3.76. The summed E-state index contributed by atoms with van der Waals surface area (Å²) >= 11 is 0. The molecule has 30 heavy (non-hydrogen) atoms. The molecule has 4 atom stereocenters. The topological polar surface area (TPSA) is 24.9 Å². The Bertz CT molecular complexity index is 851. The molecule has 1 spiro atoms. The second-order valence-corrected chi connectivity index (χ2v) is 11.3. The highest BCUT2D eigenvalue weighted by atomic mass is 16.5. The first kappa shape index (κ1) is 18.5. The van der Waals surface area contributed by atoms with Crippen LogP contribution >= 0.6 is 0 Å². The van der Waals surface area contributed by atoms with Crippen LogP contribution < -0.4 is 4.74 Å². The zero-order chi connectivity index (χ0) is 20.0. The number of nitrogens with zero attached hydrogens (tertiary/aromatic N) is 2. The van der Waals surface area contributed by atoms with Gasteiger partial charge in [0.2, 0.25) is 0 Å². The van der Waals surface area contributed by atoms with Crippen molar-refractivity contribution in [3.8, 4) is 5.75 Å². The van der Waals surface area contributed by atoms with E-state index in [2.05, 4.69) is 28.0 Å². The molecule has 4 saturated heterocycles. The maximum atomic E-state index is 7.18. The third-order valence-electron chi connectivity index (χ3n) is 10.0. The van der Waals surface area contributed by atoms with E-state index >= 15 is 0 Å². The number of ether oxygens (including phenoxy) is 2. The van der Waals surface area contributed by atoms with E-state index in [0.717, 1.165) is 24.7 Å². The van der Waals surface area contributed by atoms with E-state index < -0.39 is 0 Å². The molecule has 4 aliphatic heterocycles. The Balaban J connectivity index is 1.37. The number of fused-ring (bicyclic) bond motifs is 3. The van der Waals surface area contributed by atoms with Gasteiger partial charge >= 0.3 is 0 Å². The van der Waals surface area contributed by atoms with Crippen molar-refractivity contribution in [2.75, 3.05) is 39.9 Å². The molecule has 7 aliphatic rings. The molecule has 2 saturated carbocycles. The molecule has 0 radical (unpaired) electrons. The second kappa shape index (κ2) is 6.24. The molecule has 0 unspecified atom stereocenters. The van der Waals surface area contributed by atoms with Crippen molar-refractivity contribution in [3.63, 3.8) is 0 Å². The number of likely N-dealkylation sites (tertiary alicyclic amines) is 2. The van der Waals surface area contributed by atoms with E-state index in [4.69, 9.17) is 9.47 Å². The fourth-order valence-electron chi connectivity index (χ4n) is 8.39. The molecule has 8 rings (SSSR count). The molecule has 6 fully saturated rings. The number of hydrogen-bond acceptors (Lipinski definition) is 4. The van der Waals surface area contributed by atoms with Gasteiger partial charge in [0.05, 0.1) is 19.3 Å². The number of methoxy groups -OCH3 is 1. The zero-order valence-electron chi connectivity index (χ0n) is 18.5. The minimum absolute atomic E-state index is 0.0149. The Morgan fingerprint density at radius 2 is 1.97 bits per heavy atom. The van der Waals surface area contributed by atoms with Crippen LogP contribution in [0, 0.1) is 5.92 Å². The fourth-order valence-corrected chi connectivity index (χ4v) is 8.39. The molecule has 3 aliphatic carbocycles. The first-order chi connectivity index (χ1) is 14.7. The van der Waals surface area contributed by atoms with Crippen LogP contribution in [-0.2, 0) is 16.6 Å². The fraction of sp³-hybridized carbons (Fsp3) is 0.769. The smallest absolute Gasteiger partial charge is 0.119 e. The quantitative estimate of drug-likeness (QED) is 0.757. The van der Waals surface area contributed by atoms with Gasteiger partial charge in [0.15, 0.2) is 0 Å². The second-order valence-electron chi connectivity index (χ2n) is 11.3. The van der Waals surface area contributed by atoms with Crippen LogP contribution in [0.15, 0.2) is 18.2 Å². The first-order valence-electron chi connectivity index (χ1n) is 12.5. The largest absolute Gasteiger partial charge is 0.497 e. The number of rotatable bonds is 4. The first-order valence-corrected chi connectivity index (χ1v) is 12.5. The number of hydrogen-bond donors (Lipinski definition) is 0. The predicted molar refractivity (Wildman–Crippen MR) is 117 cm³/mol. The van der Waals surface area contributed by atoms with Crippen molar-refractivity contribution in [1.82, 2.24) is 9.80 Å². The van der Waals surface area contributed by atoms with Gasteiger partial charge in [0, 0.05) is 23.5 Å². The molecular formula is C26H36N2O2. The summed E-state index contributed by atoms with van der Waals surface area (Å²) in [6.45, 7) is 6.05. The van der Waals surface area contributed by atoms with Crippen molar-refractivity contribution >= 4 is 0 Å². The summed E-state index contributed by atoms with van der Waals surface area (Å²) in [5.41, 5.74) is 3.59. The van der Waals surface area contributed by atoms with Gasteiger partial charge in [-0.2, -0.15) is 0 Å². The summed E-state index contributed by atoms with van der Waals surface area (Å²) in [5, 5.41) is 0. The van der Waals surface area contributed by atoms with Crippen LogP contribution in [0.3, 0.4) is 0 Å². The molecule has 1 aromatic carbocycles.